The van der Waals surface area contributed by atoms with Gasteiger partial charge in [0.2, 0.25) is 5.91 Å². The molecule has 0 saturated heterocycles. The fourth-order valence-corrected chi connectivity index (χ4v) is 4.51. The number of alkyl carbamates (subject to hydrolysis) is 1. The molecular weight excluding hydrogens is 496 g/mol. The first kappa shape index (κ1) is 29.5. The first-order chi connectivity index (χ1) is 18.6. The molecule has 0 aliphatic carbocycles. The molecule has 39 heavy (non-hydrogen) atoms. The Morgan fingerprint density at radius 1 is 1.15 bits per heavy atom. The number of Topliss-reactive ketones (excluding diaryl/α,β-unsaturated/α-hetero) is 1. The number of hydrogen-bond donors (Lipinski definition) is 1. The van der Waals surface area contributed by atoms with E-state index in [0.717, 1.165) is 17.8 Å². The molecule has 3 rings (SSSR count). The number of likely N-dealkylation sites (N-methyl/N-ethyl adjacent to an activating group) is 1. The lowest BCUT2D eigenvalue weighted by Crippen LogP contribution is -2.42. The van der Waals surface area contributed by atoms with E-state index in [1.165, 1.54) is 29.2 Å². The average Bonchev–Trinajstić information content (AvgIpc) is 3.31. The van der Waals surface area contributed by atoms with Crippen molar-refractivity contribution in [3.63, 3.8) is 0 Å². The van der Waals surface area contributed by atoms with E-state index in [0.29, 0.717) is 30.9 Å². The third-order valence-corrected chi connectivity index (χ3v) is 6.50. The molecule has 0 saturated carbocycles. The van der Waals surface area contributed by atoms with Gasteiger partial charge < -0.3 is 19.5 Å². The van der Waals surface area contributed by atoms with Crippen LogP contribution in [-0.2, 0) is 40.1 Å². The highest BCUT2D eigenvalue weighted by molar-refractivity contribution is 5.94. The maximum atomic E-state index is 13.3. The Bertz CT molecular complexity index is 1320. The summed E-state index contributed by atoms with van der Waals surface area (Å²) < 4.78 is 6.25. The minimum atomic E-state index is -0.863. The number of rotatable bonds is 12. The van der Waals surface area contributed by atoms with E-state index >= 15 is 0 Å². The summed E-state index contributed by atoms with van der Waals surface area (Å²) in [6, 6.07) is 8.76. The van der Waals surface area contributed by atoms with Crippen molar-refractivity contribution in [2.45, 2.75) is 58.5 Å². The SMILES string of the molecule is COC(=O)N[C@H](CC/C=C/C(=O)N(C)C)C(=O)Cc1cccn(CC2=Nc3c(cccc3CC(C)C)C2)c1=O. The van der Waals surface area contributed by atoms with Crippen LogP contribution in [0.5, 0.6) is 0 Å². The van der Waals surface area contributed by atoms with Gasteiger partial charge >= 0.3 is 6.09 Å². The molecule has 1 N–H and O–H groups in total. The average molecular weight is 535 g/mol. The molecule has 1 aliphatic rings. The molecule has 2 heterocycles. The Morgan fingerprint density at radius 3 is 2.59 bits per heavy atom. The van der Waals surface area contributed by atoms with E-state index in [1.54, 1.807) is 43.1 Å². The molecule has 9 heteroatoms. The molecule has 1 atom stereocenters. The molecule has 2 amide bonds. The van der Waals surface area contributed by atoms with Crippen LogP contribution in [-0.4, -0.2) is 60.2 Å². The van der Waals surface area contributed by atoms with Gasteiger partial charge in [-0.15, -0.1) is 0 Å². The second kappa shape index (κ2) is 13.7. The standard InChI is InChI=1S/C30H38N4O5/c1-20(2)16-21-10-8-11-22-17-24(31-28(21)22)19-34-15-9-12-23(29(34)37)18-26(35)25(32-30(38)39-5)13-6-7-14-27(36)33(3)4/h7-12,14-15,20,25H,6,13,16-19H2,1-5H3,(H,32,38)/b14-7+/t25-/m1/s1. The number of amides is 2. The number of aromatic nitrogens is 1. The maximum Gasteiger partial charge on any atom is 0.407 e. The number of nitrogens with one attached hydrogen (secondary N) is 1. The lowest BCUT2D eigenvalue weighted by molar-refractivity contribution is -0.123. The largest absolute Gasteiger partial charge is 0.453 e. The molecular formula is C30H38N4O5. The highest BCUT2D eigenvalue weighted by Crippen LogP contribution is 2.32. The van der Waals surface area contributed by atoms with Crippen molar-refractivity contribution in [1.29, 1.82) is 0 Å². The highest BCUT2D eigenvalue weighted by Gasteiger charge is 2.23. The first-order valence-corrected chi connectivity index (χ1v) is 13.2. The van der Waals surface area contributed by atoms with E-state index in [2.05, 4.69) is 42.1 Å². The van der Waals surface area contributed by atoms with Gasteiger partial charge in [-0.3, -0.25) is 19.4 Å². The summed E-state index contributed by atoms with van der Waals surface area (Å²) in [4.78, 5) is 56.3. The molecule has 0 bridgehead atoms. The second-order valence-corrected chi connectivity index (χ2v) is 10.4. The summed E-state index contributed by atoms with van der Waals surface area (Å²) in [6.07, 6.45) is 6.19. The summed E-state index contributed by atoms with van der Waals surface area (Å²) in [6.45, 7) is 4.70. The summed E-state index contributed by atoms with van der Waals surface area (Å²) >= 11 is 0. The van der Waals surface area contributed by atoms with Gasteiger partial charge in [-0.05, 0) is 48.4 Å². The van der Waals surface area contributed by atoms with Crippen LogP contribution in [0.3, 0.4) is 0 Å². The topological polar surface area (TPSA) is 110 Å². The number of methoxy groups -OCH3 is 1. The number of ether oxygens (including phenoxy) is 1. The molecule has 1 aliphatic heterocycles. The van der Waals surface area contributed by atoms with Crippen LogP contribution in [0.4, 0.5) is 10.5 Å². The van der Waals surface area contributed by atoms with Gasteiger partial charge in [-0.25, -0.2) is 4.79 Å². The number of para-hydroxylation sites is 1. The smallest absolute Gasteiger partial charge is 0.407 e. The first-order valence-electron chi connectivity index (χ1n) is 13.2. The highest BCUT2D eigenvalue weighted by atomic mass is 16.5. The molecule has 0 radical (unpaired) electrons. The Balaban J connectivity index is 1.72. The van der Waals surface area contributed by atoms with Gasteiger partial charge in [-0.2, -0.15) is 0 Å². The molecule has 1 aromatic carbocycles. The zero-order valence-corrected chi connectivity index (χ0v) is 23.4. The predicted molar refractivity (Wildman–Crippen MR) is 152 cm³/mol. The van der Waals surface area contributed by atoms with Crippen LogP contribution in [0.15, 0.2) is 58.5 Å². The molecule has 0 unspecified atom stereocenters. The lowest BCUT2D eigenvalue weighted by atomic mass is 9.98. The van der Waals surface area contributed by atoms with Gasteiger partial charge in [0.15, 0.2) is 5.78 Å². The number of carbonyl (C=O) groups is 3. The number of allylic oxidation sites excluding steroid dienone is 1. The van der Waals surface area contributed by atoms with Crippen LogP contribution < -0.4 is 10.9 Å². The fourth-order valence-electron chi connectivity index (χ4n) is 4.51. The van der Waals surface area contributed by atoms with E-state index in [1.807, 2.05) is 0 Å². The number of nitrogens with zero attached hydrogens (tertiary/aromatic N) is 3. The summed E-state index contributed by atoms with van der Waals surface area (Å²) in [5.41, 5.74) is 4.37. The van der Waals surface area contributed by atoms with Crippen molar-refractivity contribution in [3.8, 4) is 0 Å². The number of benzene rings is 1. The van der Waals surface area contributed by atoms with Crippen LogP contribution in [0, 0.1) is 5.92 Å². The quantitative estimate of drug-likeness (QED) is 0.418. The Kier molecular flexibility index (Phi) is 10.4. The van der Waals surface area contributed by atoms with Gasteiger partial charge in [0.05, 0.1) is 25.4 Å². The van der Waals surface area contributed by atoms with E-state index < -0.39 is 12.1 Å². The number of fused-ring (bicyclic) bond motifs is 1. The molecule has 0 fully saturated rings. The number of carbonyl (C=O) groups excluding carboxylic acids is 3. The van der Waals surface area contributed by atoms with Crippen LogP contribution in [0.25, 0.3) is 0 Å². The van der Waals surface area contributed by atoms with Gasteiger partial charge in [0.1, 0.15) is 0 Å². The molecule has 2 aromatic rings. The zero-order valence-electron chi connectivity index (χ0n) is 23.4. The molecule has 1 aromatic heterocycles. The lowest BCUT2D eigenvalue weighted by Gasteiger charge is -2.16. The van der Waals surface area contributed by atoms with Crippen LogP contribution in [0.2, 0.25) is 0 Å². The molecule has 208 valence electrons. The summed E-state index contributed by atoms with van der Waals surface area (Å²) in [7, 11) is 4.51. The van der Waals surface area contributed by atoms with Crippen molar-refractivity contribution in [2.24, 2.45) is 10.9 Å². The summed E-state index contributed by atoms with van der Waals surface area (Å²) in [5, 5.41) is 2.55. The Morgan fingerprint density at radius 2 is 1.90 bits per heavy atom. The van der Waals surface area contributed by atoms with Crippen molar-refractivity contribution in [3.05, 3.63) is 75.7 Å². The van der Waals surface area contributed by atoms with Crippen molar-refractivity contribution >= 4 is 29.2 Å². The normalized spacial score (nSPS) is 13.2. The van der Waals surface area contributed by atoms with E-state index in [-0.39, 0.29) is 30.1 Å². The number of pyridine rings is 1. The van der Waals surface area contributed by atoms with Gasteiger partial charge in [0.25, 0.3) is 5.56 Å². The van der Waals surface area contributed by atoms with Gasteiger partial charge in [0, 0.05) is 44.4 Å². The van der Waals surface area contributed by atoms with Crippen molar-refractivity contribution in [1.82, 2.24) is 14.8 Å². The molecule has 9 nitrogen and oxygen atoms in total. The fraction of sp³-hybridized carbons (Fsp3) is 0.433. The third-order valence-electron chi connectivity index (χ3n) is 6.50. The minimum absolute atomic E-state index is 0.139. The number of hydrogen-bond acceptors (Lipinski definition) is 6. The molecule has 0 spiro atoms. The third kappa shape index (κ3) is 8.24. The Hall–Kier alpha value is -4.01. The van der Waals surface area contributed by atoms with E-state index in [9.17, 15) is 19.2 Å². The van der Waals surface area contributed by atoms with Crippen molar-refractivity contribution < 1.29 is 19.1 Å². The minimum Gasteiger partial charge on any atom is -0.453 e. The predicted octanol–water partition coefficient (Wildman–Crippen LogP) is 3.64. The number of ketones is 1. The van der Waals surface area contributed by atoms with Crippen molar-refractivity contribution in [2.75, 3.05) is 21.2 Å². The monoisotopic (exact) mass is 534 g/mol. The van der Waals surface area contributed by atoms with Crippen LogP contribution in [0.1, 0.15) is 43.4 Å². The number of aliphatic imine (C=N–C) groups is 1. The van der Waals surface area contributed by atoms with E-state index in [4.69, 9.17) is 4.99 Å². The maximum absolute atomic E-state index is 13.3. The Labute approximate surface area is 229 Å². The van der Waals surface area contributed by atoms with Gasteiger partial charge in [-0.1, -0.05) is 44.2 Å². The zero-order chi connectivity index (χ0) is 28.5. The summed E-state index contributed by atoms with van der Waals surface area (Å²) in [5.74, 6) is 0.0305. The second-order valence-electron chi connectivity index (χ2n) is 10.4. The van der Waals surface area contributed by atoms with Crippen LogP contribution >= 0.6 is 0 Å².